The van der Waals surface area contributed by atoms with Gasteiger partial charge in [0, 0.05) is 24.8 Å². The minimum absolute atomic E-state index is 0.0477. The molecule has 1 aliphatic rings. The van der Waals surface area contributed by atoms with Crippen LogP contribution in [0, 0.1) is 19.3 Å². The Balaban J connectivity index is 2.05. The molecular formula is C18H29N3O. The van der Waals surface area contributed by atoms with Crippen molar-refractivity contribution in [2.24, 2.45) is 11.1 Å². The molecular weight excluding hydrogens is 274 g/mol. The Kier molecular flexibility index (Phi) is 4.93. The molecule has 4 heteroatoms. The molecule has 2 rings (SSSR count). The number of aryl methyl sites for hydroxylation is 2. The number of rotatable bonds is 3. The quantitative estimate of drug-likeness (QED) is 0.902. The molecule has 0 aromatic heterocycles. The maximum absolute atomic E-state index is 12.6. The van der Waals surface area contributed by atoms with Gasteiger partial charge in [-0.05, 0) is 49.8 Å². The molecule has 0 bridgehead atoms. The van der Waals surface area contributed by atoms with Gasteiger partial charge < -0.3 is 11.1 Å². The number of hydrogen-bond acceptors (Lipinski definition) is 3. The number of piperidine rings is 1. The predicted octanol–water partition coefficient (Wildman–Crippen LogP) is 2.69. The minimum atomic E-state index is -0.147. The van der Waals surface area contributed by atoms with E-state index in [1.54, 1.807) is 0 Å². The number of nitrogens with two attached hydrogens (primary N) is 1. The summed E-state index contributed by atoms with van der Waals surface area (Å²) in [7, 11) is 0. The average Bonchev–Trinajstić information content (AvgIpc) is 2.45. The zero-order valence-corrected chi connectivity index (χ0v) is 14.4. The normalized spacial score (nSPS) is 23.1. The maximum atomic E-state index is 12.6. The number of anilines is 1. The highest BCUT2D eigenvalue weighted by atomic mass is 16.2. The fourth-order valence-corrected chi connectivity index (χ4v) is 3.02. The minimum Gasteiger partial charge on any atom is -0.327 e. The molecule has 122 valence electrons. The van der Waals surface area contributed by atoms with E-state index in [1.165, 1.54) is 0 Å². The van der Waals surface area contributed by atoms with E-state index in [-0.39, 0.29) is 23.4 Å². The molecule has 1 aliphatic heterocycles. The summed E-state index contributed by atoms with van der Waals surface area (Å²) in [5.74, 6) is 0.0555. The van der Waals surface area contributed by atoms with Crippen molar-refractivity contribution >= 4 is 11.6 Å². The second-order valence-electron chi connectivity index (χ2n) is 7.34. The maximum Gasteiger partial charge on any atom is 0.241 e. The summed E-state index contributed by atoms with van der Waals surface area (Å²) in [6.45, 7) is 12.1. The van der Waals surface area contributed by atoms with E-state index >= 15 is 0 Å². The van der Waals surface area contributed by atoms with Gasteiger partial charge >= 0.3 is 0 Å². The third kappa shape index (κ3) is 3.68. The summed E-state index contributed by atoms with van der Waals surface area (Å²) in [4.78, 5) is 14.8. The van der Waals surface area contributed by atoms with Crippen molar-refractivity contribution in [2.75, 3.05) is 18.4 Å². The molecule has 1 aromatic rings. The standard InChI is InChI=1S/C18H29N3O/c1-12-6-7-13(2)15(10-12)20-17(22)14(3)21-9-8-16(19)18(4,5)11-21/h6-7,10,14,16H,8-9,11,19H2,1-5H3,(H,20,22). The third-order valence-corrected chi connectivity index (χ3v) is 4.92. The first-order chi connectivity index (χ1) is 10.2. The Bertz CT molecular complexity index is 553. The molecule has 0 spiro atoms. The van der Waals surface area contributed by atoms with Crippen molar-refractivity contribution < 1.29 is 4.79 Å². The van der Waals surface area contributed by atoms with Crippen LogP contribution in [0.4, 0.5) is 5.69 Å². The largest absolute Gasteiger partial charge is 0.327 e. The topological polar surface area (TPSA) is 58.4 Å². The van der Waals surface area contributed by atoms with Crippen molar-refractivity contribution in [3.05, 3.63) is 29.3 Å². The van der Waals surface area contributed by atoms with Crippen LogP contribution in [0.1, 0.15) is 38.3 Å². The van der Waals surface area contributed by atoms with Crippen LogP contribution in [0.15, 0.2) is 18.2 Å². The molecule has 0 saturated carbocycles. The lowest BCUT2D eigenvalue weighted by Gasteiger charge is -2.44. The molecule has 22 heavy (non-hydrogen) atoms. The van der Waals surface area contributed by atoms with Gasteiger partial charge in [0.05, 0.1) is 6.04 Å². The van der Waals surface area contributed by atoms with E-state index in [2.05, 4.69) is 30.1 Å². The van der Waals surface area contributed by atoms with Crippen molar-refractivity contribution in [3.63, 3.8) is 0 Å². The van der Waals surface area contributed by atoms with Gasteiger partial charge in [-0.15, -0.1) is 0 Å². The lowest BCUT2D eigenvalue weighted by atomic mass is 9.79. The van der Waals surface area contributed by atoms with Crippen LogP contribution in [0.2, 0.25) is 0 Å². The predicted molar refractivity (Wildman–Crippen MR) is 92.0 cm³/mol. The fraction of sp³-hybridized carbons (Fsp3) is 0.611. The first kappa shape index (κ1) is 17.0. The van der Waals surface area contributed by atoms with Crippen LogP contribution < -0.4 is 11.1 Å². The Morgan fingerprint density at radius 3 is 2.73 bits per heavy atom. The van der Waals surface area contributed by atoms with Gasteiger partial charge in [-0.25, -0.2) is 0 Å². The van der Waals surface area contributed by atoms with Crippen LogP contribution in [0.3, 0.4) is 0 Å². The number of likely N-dealkylation sites (tertiary alicyclic amines) is 1. The number of nitrogens with one attached hydrogen (secondary N) is 1. The second-order valence-corrected chi connectivity index (χ2v) is 7.34. The van der Waals surface area contributed by atoms with E-state index in [0.717, 1.165) is 36.3 Å². The highest BCUT2D eigenvalue weighted by molar-refractivity contribution is 5.95. The van der Waals surface area contributed by atoms with Crippen LogP contribution >= 0.6 is 0 Å². The smallest absolute Gasteiger partial charge is 0.241 e. The van der Waals surface area contributed by atoms with E-state index < -0.39 is 0 Å². The van der Waals surface area contributed by atoms with Gasteiger partial charge in [0.25, 0.3) is 0 Å². The molecule has 0 radical (unpaired) electrons. The summed E-state index contributed by atoms with van der Waals surface area (Å²) >= 11 is 0. The Hall–Kier alpha value is -1.39. The van der Waals surface area contributed by atoms with E-state index in [9.17, 15) is 4.79 Å². The third-order valence-electron chi connectivity index (χ3n) is 4.92. The number of carbonyl (C=O) groups excluding carboxylic acids is 1. The van der Waals surface area contributed by atoms with E-state index in [0.29, 0.717) is 0 Å². The number of hydrogen-bond donors (Lipinski definition) is 2. The van der Waals surface area contributed by atoms with E-state index in [1.807, 2.05) is 32.9 Å². The van der Waals surface area contributed by atoms with E-state index in [4.69, 9.17) is 5.73 Å². The SMILES string of the molecule is Cc1ccc(C)c(NC(=O)C(C)N2CCC(N)C(C)(C)C2)c1. The molecule has 0 aliphatic carbocycles. The molecule has 2 atom stereocenters. The zero-order chi connectivity index (χ0) is 16.5. The first-order valence-electron chi connectivity index (χ1n) is 8.08. The highest BCUT2D eigenvalue weighted by Gasteiger charge is 2.36. The number of amides is 1. The number of carbonyl (C=O) groups is 1. The summed E-state index contributed by atoms with van der Waals surface area (Å²) in [5.41, 5.74) is 9.38. The van der Waals surface area contributed by atoms with Crippen LogP contribution in [-0.2, 0) is 4.79 Å². The zero-order valence-electron chi connectivity index (χ0n) is 14.4. The van der Waals surface area contributed by atoms with Crippen molar-refractivity contribution in [2.45, 2.75) is 53.1 Å². The first-order valence-corrected chi connectivity index (χ1v) is 8.08. The molecule has 4 nitrogen and oxygen atoms in total. The Labute approximate surface area is 134 Å². The molecule has 2 unspecified atom stereocenters. The summed E-state index contributed by atoms with van der Waals surface area (Å²) in [5, 5.41) is 3.07. The lowest BCUT2D eigenvalue weighted by Crippen LogP contribution is -2.56. The average molecular weight is 303 g/mol. The summed E-state index contributed by atoms with van der Waals surface area (Å²) in [6.07, 6.45) is 0.939. The van der Waals surface area contributed by atoms with Crippen molar-refractivity contribution in [1.29, 1.82) is 0 Å². The Morgan fingerprint density at radius 1 is 1.41 bits per heavy atom. The van der Waals surface area contributed by atoms with Gasteiger partial charge in [-0.3, -0.25) is 9.69 Å². The second kappa shape index (κ2) is 6.39. The van der Waals surface area contributed by atoms with Crippen LogP contribution in [-0.4, -0.2) is 36.0 Å². The molecule has 1 saturated heterocycles. The molecule has 1 aromatic carbocycles. The monoisotopic (exact) mass is 303 g/mol. The molecule has 3 N–H and O–H groups in total. The number of nitrogens with zero attached hydrogens (tertiary/aromatic N) is 1. The molecule has 1 amide bonds. The van der Waals surface area contributed by atoms with Gasteiger partial charge in [0.1, 0.15) is 0 Å². The highest BCUT2D eigenvalue weighted by Crippen LogP contribution is 2.29. The van der Waals surface area contributed by atoms with Crippen LogP contribution in [0.5, 0.6) is 0 Å². The molecule has 1 fully saturated rings. The van der Waals surface area contributed by atoms with Crippen LogP contribution in [0.25, 0.3) is 0 Å². The fourth-order valence-electron chi connectivity index (χ4n) is 3.02. The molecule has 1 heterocycles. The summed E-state index contributed by atoms with van der Waals surface area (Å²) < 4.78 is 0. The van der Waals surface area contributed by atoms with Gasteiger partial charge in [0.2, 0.25) is 5.91 Å². The van der Waals surface area contributed by atoms with Gasteiger partial charge in [-0.2, -0.15) is 0 Å². The van der Waals surface area contributed by atoms with Crippen molar-refractivity contribution in [3.8, 4) is 0 Å². The number of benzene rings is 1. The Morgan fingerprint density at radius 2 is 2.09 bits per heavy atom. The van der Waals surface area contributed by atoms with Gasteiger partial charge in [-0.1, -0.05) is 26.0 Å². The van der Waals surface area contributed by atoms with Crippen molar-refractivity contribution in [1.82, 2.24) is 4.90 Å². The lowest BCUT2D eigenvalue weighted by molar-refractivity contribution is -0.122. The summed E-state index contributed by atoms with van der Waals surface area (Å²) in [6, 6.07) is 6.18. The van der Waals surface area contributed by atoms with Gasteiger partial charge in [0.15, 0.2) is 0 Å².